The van der Waals surface area contributed by atoms with Crippen LogP contribution in [0, 0.1) is 0 Å². The van der Waals surface area contributed by atoms with Crippen molar-refractivity contribution in [2.75, 3.05) is 31.3 Å². The molecular weight excluding hydrogens is 388 g/mol. The van der Waals surface area contributed by atoms with Gasteiger partial charge in [-0.2, -0.15) is 0 Å². The maximum Gasteiger partial charge on any atom is 0.264 e. The summed E-state index contributed by atoms with van der Waals surface area (Å²) in [6.07, 6.45) is 5.65. The molecule has 146 valence electrons. The van der Waals surface area contributed by atoms with Crippen LogP contribution >= 0.6 is 23.1 Å². The minimum atomic E-state index is 0.0298. The number of nitrogens with zero attached hydrogens (tertiary/aromatic N) is 4. The molecule has 0 atom stereocenters. The van der Waals surface area contributed by atoms with Gasteiger partial charge in [0.25, 0.3) is 5.91 Å². The summed E-state index contributed by atoms with van der Waals surface area (Å²) in [7, 11) is 1.85. The average molecular weight is 413 g/mol. The van der Waals surface area contributed by atoms with Gasteiger partial charge in [0.05, 0.1) is 10.3 Å². The molecule has 4 rings (SSSR count). The lowest BCUT2D eigenvalue weighted by Gasteiger charge is -2.28. The molecule has 1 saturated heterocycles. The van der Waals surface area contributed by atoms with E-state index in [1.165, 1.54) is 30.6 Å². The molecule has 1 fully saturated rings. The molecule has 0 bridgehead atoms. The number of carbonyl (C=O) groups is 1. The number of piperidine rings is 1. The quantitative estimate of drug-likeness (QED) is 0.450. The SMILES string of the molecule is CSc1nc(N2CCCCC2)c2cc(C(=O)N(C)Cc3ccccc3)sc2n1. The lowest BCUT2D eigenvalue weighted by Crippen LogP contribution is -2.30. The zero-order valence-corrected chi connectivity index (χ0v) is 17.9. The van der Waals surface area contributed by atoms with E-state index in [-0.39, 0.29) is 5.91 Å². The van der Waals surface area contributed by atoms with Gasteiger partial charge in [0.1, 0.15) is 10.6 Å². The standard InChI is InChI=1S/C21H24N4OS2/c1-24(14-15-9-5-3-6-10-15)20(26)17-13-16-18(25-11-7-4-8-12-25)22-21(27-2)23-19(16)28-17/h3,5-6,9-10,13H,4,7-8,11-12,14H2,1-2H3. The van der Waals surface area contributed by atoms with Gasteiger partial charge in [0.2, 0.25) is 0 Å². The van der Waals surface area contributed by atoms with Crippen LogP contribution in [0.5, 0.6) is 0 Å². The number of thioether (sulfide) groups is 1. The zero-order chi connectivity index (χ0) is 19.5. The molecule has 0 saturated carbocycles. The van der Waals surface area contributed by atoms with Crippen molar-refractivity contribution in [2.45, 2.75) is 31.0 Å². The Morgan fingerprint density at radius 2 is 1.93 bits per heavy atom. The van der Waals surface area contributed by atoms with Gasteiger partial charge in [-0.05, 0) is 37.1 Å². The molecule has 1 aromatic carbocycles. The third-order valence-electron chi connectivity index (χ3n) is 5.01. The van der Waals surface area contributed by atoms with E-state index < -0.39 is 0 Å². The fourth-order valence-electron chi connectivity index (χ4n) is 3.55. The maximum atomic E-state index is 13.0. The molecule has 1 aliphatic heterocycles. The Bertz CT molecular complexity index is 967. The van der Waals surface area contributed by atoms with E-state index in [1.807, 2.05) is 49.7 Å². The van der Waals surface area contributed by atoms with E-state index in [0.29, 0.717) is 6.54 Å². The highest BCUT2D eigenvalue weighted by molar-refractivity contribution is 7.98. The topological polar surface area (TPSA) is 49.3 Å². The van der Waals surface area contributed by atoms with Crippen molar-refractivity contribution in [3.8, 4) is 0 Å². The number of hydrogen-bond acceptors (Lipinski definition) is 6. The molecular formula is C21H24N4OS2. The second-order valence-corrected chi connectivity index (χ2v) is 8.86. The lowest BCUT2D eigenvalue weighted by molar-refractivity contribution is 0.0790. The van der Waals surface area contributed by atoms with Gasteiger partial charge in [-0.3, -0.25) is 4.79 Å². The molecule has 1 amide bonds. The van der Waals surface area contributed by atoms with E-state index in [1.54, 1.807) is 16.7 Å². The first kappa shape index (κ1) is 19.2. The maximum absolute atomic E-state index is 13.0. The van der Waals surface area contributed by atoms with Gasteiger partial charge in [-0.15, -0.1) is 11.3 Å². The molecule has 0 N–H and O–H groups in total. The van der Waals surface area contributed by atoms with Crippen molar-refractivity contribution < 1.29 is 4.79 Å². The highest BCUT2D eigenvalue weighted by Gasteiger charge is 2.22. The van der Waals surface area contributed by atoms with E-state index in [4.69, 9.17) is 4.98 Å². The molecule has 7 heteroatoms. The molecule has 0 spiro atoms. The average Bonchev–Trinajstić information content (AvgIpc) is 3.17. The first-order chi connectivity index (χ1) is 13.7. The summed E-state index contributed by atoms with van der Waals surface area (Å²) in [5, 5.41) is 1.77. The molecule has 0 radical (unpaired) electrons. The van der Waals surface area contributed by atoms with Crippen LogP contribution in [0.25, 0.3) is 10.2 Å². The Hall–Kier alpha value is -2.12. The Morgan fingerprint density at radius 1 is 1.18 bits per heavy atom. The van der Waals surface area contributed by atoms with Crippen LogP contribution in [0.3, 0.4) is 0 Å². The Morgan fingerprint density at radius 3 is 2.64 bits per heavy atom. The lowest BCUT2D eigenvalue weighted by atomic mass is 10.1. The van der Waals surface area contributed by atoms with Gasteiger partial charge in [0, 0.05) is 26.7 Å². The predicted octanol–water partition coefficient (Wildman–Crippen LogP) is 4.68. The summed E-state index contributed by atoms with van der Waals surface area (Å²) in [6, 6.07) is 12.0. The summed E-state index contributed by atoms with van der Waals surface area (Å²) in [5.74, 6) is 1.01. The van der Waals surface area contributed by atoms with Crippen LogP contribution in [-0.4, -0.2) is 47.2 Å². The minimum Gasteiger partial charge on any atom is -0.356 e. The summed E-state index contributed by atoms with van der Waals surface area (Å²) in [5.41, 5.74) is 1.12. The number of benzene rings is 1. The fraction of sp³-hybridized carbons (Fsp3) is 0.381. The molecule has 3 aromatic rings. The fourth-order valence-corrected chi connectivity index (χ4v) is 4.99. The van der Waals surface area contributed by atoms with Crippen LogP contribution < -0.4 is 4.90 Å². The highest BCUT2D eigenvalue weighted by atomic mass is 32.2. The van der Waals surface area contributed by atoms with Crippen LogP contribution in [0.2, 0.25) is 0 Å². The Labute approximate surface area is 173 Å². The van der Waals surface area contributed by atoms with Crippen molar-refractivity contribution in [3.05, 3.63) is 46.8 Å². The van der Waals surface area contributed by atoms with E-state index >= 15 is 0 Å². The van der Waals surface area contributed by atoms with E-state index in [2.05, 4.69) is 9.88 Å². The monoisotopic (exact) mass is 412 g/mol. The second-order valence-electron chi connectivity index (χ2n) is 7.06. The first-order valence-corrected chi connectivity index (χ1v) is 11.6. The molecule has 28 heavy (non-hydrogen) atoms. The smallest absolute Gasteiger partial charge is 0.264 e. The molecule has 5 nitrogen and oxygen atoms in total. The number of thiophene rings is 1. The van der Waals surface area contributed by atoms with Crippen molar-refractivity contribution in [1.82, 2.24) is 14.9 Å². The number of carbonyl (C=O) groups excluding carboxylic acids is 1. The zero-order valence-electron chi connectivity index (χ0n) is 16.2. The summed E-state index contributed by atoms with van der Waals surface area (Å²) in [6.45, 7) is 2.63. The summed E-state index contributed by atoms with van der Waals surface area (Å²) >= 11 is 3.02. The van der Waals surface area contributed by atoms with E-state index in [0.717, 1.165) is 44.7 Å². The predicted molar refractivity (Wildman–Crippen MR) is 117 cm³/mol. The first-order valence-electron chi connectivity index (χ1n) is 9.55. The van der Waals surface area contributed by atoms with Crippen molar-refractivity contribution in [1.29, 1.82) is 0 Å². The molecule has 1 aliphatic rings. The van der Waals surface area contributed by atoms with Crippen molar-refractivity contribution in [3.63, 3.8) is 0 Å². The van der Waals surface area contributed by atoms with Crippen molar-refractivity contribution in [2.24, 2.45) is 0 Å². The van der Waals surface area contributed by atoms with Crippen molar-refractivity contribution >= 4 is 45.0 Å². The number of rotatable bonds is 5. The number of anilines is 1. The Kier molecular flexibility index (Phi) is 5.82. The van der Waals surface area contributed by atoms with E-state index in [9.17, 15) is 4.79 Å². The second kappa shape index (κ2) is 8.49. The van der Waals surface area contributed by atoms with Crippen LogP contribution in [0.4, 0.5) is 5.82 Å². The summed E-state index contributed by atoms with van der Waals surface area (Å²) < 4.78 is 0. The number of fused-ring (bicyclic) bond motifs is 1. The number of aromatic nitrogens is 2. The van der Waals surface area contributed by atoms with Gasteiger partial charge in [-0.1, -0.05) is 42.1 Å². The van der Waals surface area contributed by atoms with Gasteiger partial charge >= 0.3 is 0 Å². The van der Waals surface area contributed by atoms with Crippen LogP contribution in [0.1, 0.15) is 34.5 Å². The van der Waals surface area contributed by atoms with Gasteiger partial charge < -0.3 is 9.80 Å². The third kappa shape index (κ3) is 4.00. The number of hydrogen-bond donors (Lipinski definition) is 0. The minimum absolute atomic E-state index is 0.0298. The normalized spacial score (nSPS) is 14.4. The molecule has 2 aromatic heterocycles. The molecule has 0 unspecified atom stereocenters. The molecule has 0 aliphatic carbocycles. The molecule has 3 heterocycles. The summed E-state index contributed by atoms with van der Waals surface area (Å²) in [4.78, 5) is 28.2. The van der Waals surface area contributed by atoms with Crippen LogP contribution in [-0.2, 0) is 6.54 Å². The largest absolute Gasteiger partial charge is 0.356 e. The Balaban J connectivity index is 1.65. The number of amides is 1. The van der Waals surface area contributed by atoms with Gasteiger partial charge in [-0.25, -0.2) is 9.97 Å². The van der Waals surface area contributed by atoms with Crippen LogP contribution in [0.15, 0.2) is 41.6 Å². The van der Waals surface area contributed by atoms with Gasteiger partial charge in [0.15, 0.2) is 5.16 Å². The third-order valence-corrected chi connectivity index (χ3v) is 6.57. The highest BCUT2D eigenvalue weighted by Crippen LogP contribution is 2.34.